The zero-order valence-electron chi connectivity index (χ0n) is 8.86. The standard InChI is InChI=1S/C10H15NO3S/c1-3-11-15(12,13)10-6-4-5-9(7-10)8-14-2/h4-7,11H,3,8H2,1-2H3. The molecule has 1 rings (SSSR count). The van der Waals surface area contributed by atoms with E-state index >= 15 is 0 Å². The van der Waals surface area contributed by atoms with Crippen molar-refractivity contribution in [3.05, 3.63) is 29.8 Å². The predicted octanol–water partition coefficient (Wildman–Crippen LogP) is 1.13. The summed E-state index contributed by atoms with van der Waals surface area (Å²) in [4.78, 5) is 0.277. The fraction of sp³-hybridized carbons (Fsp3) is 0.400. The molecule has 0 aromatic heterocycles. The Bertz CT molecular complexity index is 414. The van der Waals surface area contributed by atoms with E-state index in [1.165, 1.54) is 0 Å². The Hall–Kier alpha value is -0.910. The number of hydrogen-bond donors (Lipinski definition) is 1. The molecule has 0 aliphatic rings. The molecule has 0 aliphatic carbocycles. The minimum Gasteiger partial charge on any atom is -0.380 e. The first-order valence-corrected chi connectivity index (χ1v) is 6.16. The van der Waals surface area contributed by atoms with E-state index in [4.69, 9.17) is 4.74 Å². The largest absolute Gasteiger partial charge is 0.380 e. The molecule has 0 fully saturated rings. The molecule has 0 bridgehead atoms. The average molecular weight is 229 g/mol. The minimum absolute atomic E-state index is 0.277. The van der Waals surface area contributed by atoms with Crippen molar-refractivity contribution in [2.24, 2.45) is 0 Å². The highest BCUT2D eigenvalue weighted by molar-refractivity contribution is 7.89. The lowest BCUT2D eigenvalue weighted by Gasteiger charge is -2.06. The van der Waals surface area contributed by atoms with Gasteiger partial charge >= 0.3 is 0 Å². The highest BCUT2D eigenvalue weighted by atomic mass is 32.2. The molecule has 0 unspecified atom stereocenters. The van der Waals surface area contributed by atoms with Crippen LogP contribution in [0.4, 0.5) is 0 Å². The van der Waals surface area contributed by atoms with Gasteiger partial charge in [0, 0.05) is 13.7 Å². The number of rotatable bonds is 5. The van der Waals surface area contributed by atoms with Crippen molar-refractivity contribution in [2.75, 3.05) is 13.7 Å². The number of benzene rings is 1. The van der Waals surface area contributed by atoms with Gasteiger partial charge in [0.15, 0.2) is 0 Å². The van der Waals surface area contributed by atoms with Gasteiger partial charge in [-0.2, -0.15) is 0 Å². The fourth-order valence-electron chi connectivity index (χ4n) is 1.24. The minimum atomic E-state index is -3.36. The molecule has 0 atom stereocenters. The summed E-state index contributed by atoms with van der Waals surface area (Å²) in [5.74, 6) is 0. The molecule has 0 spiro atoms. The Balaban J connectivity index is 2.99. The van der Waals surface area contributed by atoms with Crippen LogP contribution in [0.1, 0.15) is 12.5 Å². The van der Waals surface area contributed by atoms with Gasteiger partial charge in [-0.15, -0.1) is 0 Å². The zero-order valence-corrected chi connectivity index (χ0v) is 9.67. The van der Waals surface area contributed by atoms with Crippen LogP contribution in [0.25, 0.3) is 0 Å². The summed E-state index contributed by atoms with van der Waals surface area (Å²) < 4.78 is 30.7. The van der Waals surface area contributed by atoms with E-state index in [1.54, 1.807) is 32.2 Å². The third kappa shape index (κ3) is 3.30. The molecule has 0 saturated heterocycles. The first-order chi connectivity index (χ1) is 7.10. The van der Waals surface area contributed by atoms with Crippen molar-refractivity contribution in [3.8, 4) is 0 Å². The van der Waals surface area contributed by atoms with Crippen LogP contribution in [0, 0.1) is 0 Å². The van der Waals surface area contributed by atoms with Gasteiger partial charge in [-0.05, 0) is 17.7 Å². The fourth-order valence-corrected chi connectivity index (χ4v) is 2.35. The van der Waals surface area contributed by atoms with E-state index in [2.05, 4.69) is 4.72 Å². The Morgan fingerprint density at radius 1 is 1.40 bits per heavy atom. The van der Waals surface area contributed by atoms with Crippen molar-refractivity contribution in [3.63, 3.8) is 0 Å². The second-order valence-electron chi connectivity index (χ2n) is 3.08. The van der Waals surface area contributed by atoms with E-state index in [1.807, 2.05) is 6.07 Å². The van der Waals surface area contributed by atoms with Crippen LogP contribution < -0.4 is 4.72 Å². The number of sulfonamides is 1. The van der Waals surface area contributed by atoms with E-state index in [9.17, 15) is 8.42 Å². The highest BCUT2D eigenvalue weighted by Crippen LogP contribution is 2.11. The molecule has 5 heteroatoms. The molecule has 0 aliphatic heterocycles. The first-order valence-electron chi connectivity index (χ1n) is 4.67. The normalized spacial score (nSPS) is 11.6. The number of hydrogen-bond acceptors (Lipinski definition) is 3. The number of nitrogens with one attached hydrogen (secondary N) is 1. The van der Waals surface area contributed by atoms with Crippen LogP contribution in [0.3, 0.4) is 0 Å². The lowest BCUT2D eigenvalue weighted by molar-refractivity contribution is 0.184. The van der Waals surface area contributed by atoms with Crippen LogP contribution in [-0.4, -0.2) is 22.1 Å². The molecule has 84 valence electrons. The molecule has 0 saturated carbocycles. The van der Waals surface area contributed by atoms with E-state index in [-0.39, 0.29) is 4.90 Å². The third-order valence-electron chi connectivity index (χ3n) is 1.85. The van der Waals surface area contributed by atoms with Crippen molar-refractivity contribution in [2.45, 2.75) is 18.4 Å². The second-order valence-corrected chi connectivity index (χ2v) is 4.85. The summed E-state index contributed by atoms with van der Waals surface area (Å²) >= 11 is 0. The summed E-state index contributed by atoms with van der Waals surface area (Å²) in [6, 6.07) is 6.71. The average Bonchev–Trinajstić information content (AvgIpc) is 2.19. The second kappa shape index (κ2) is 5.25. The topological polar surface area (TPSA) is 55.4 Å². The van der Waals surface area contributed by atoms with Crippen molar-refractivity contribution in [1.82, 2.24) is 4.72 Å². The molecule has 0 heterocycles. The van der Waals surface area contributed by atoms with Crippen molar-refractivity contribution in [1.29, 1.82) is 0 Å². The first kappa shape index (κ1) is 12.2. The van der Waals surface area contributed by atoms with Crippen molar-refractivity contribution >= 4 is 10.0 Å². The molecule has 15 heavy (non-hydrogen) atoms. The van der Waals surface area contributed by atoms with Gasteiger partial charge in [-0.3, -0.25) is 0 Å². The SMILES string of the molecule is CCNS(=O)(=O)c1cccc(COC)c1. The van der Waals surface area contributed by atoms with Crippen LogP contribution >= 0.6 is 0 Å². The molecular weight excluding hydrogens is 214 g/mol. The van der Waals surface area contributed by atoms with Gasteiger partial charge in [0.05, 0.1) is 11.5 Å². The van der Waals surface area contributed by atoms with Crippen LogP contribution in [-0.2, 0) is 21.4 Å². The third-order valence-corrected chi connectivity index (χ3v) is 3.40. The smallest absolute Gasteiger partial charge is 0.240 e. The van der Waals surface area contributed by atoms with E-state index in [0.717, 1.165) is 5.56 Å². The molecule has 1 aromatic rings. The van der Waals surface area contributed by atoms with Crippen molar-refractivity contribution < 1.29 is 13.2 Å². The summed E-state index contributed by atoms with van der Waals surface area (Å²) in [7, 11) is -1.78. The van der Waals surface area contributed by atoms with Gasteiger partial charge in [-0.25, -0.2) is 13.1 Å². The molecule has 1 N–H and O–H groups in total. The lowest BCUT2D eigenvalue weighted by atomic mass is 10.2. The lowest BCUT2D eigenvalue weighted by Crippen LogP contribution is -2.23. The molecule has 0 radical (unpaired) electrons. The Morgan fingerprint density at radius 3 is 2.73 bits per heavy atom. The Morgan fingerprint density at radius 2 is 2.13 bits per heavy atom. The van der Waals surface area contributed by atoms with Gasteiger partial charge in [0.1, 0.15) is 0 Å². The maximum atomic E-state index is 11.6. The molecule has 1 aromatic carbocycles. The van der Waals surface area contributed by atoms with Crippen LogP contribution in [0.2, 0.25) is 0 Å². The van der Waals surface area contributed by atoms with Crippen LogP contribution in [0.15, 0.2) is 29.2 Å². The monoisotopic (exact) mass is 229 g/mol. The summed E-state index contributed by atoms with van der Waals surface area (Å²) in [6.07, 6.45) is 0. The number of ether oxygens (including phenoxy) is 1. The quantitative estimate of drug-likeness (QED) is 0.823. The zero-order chi connectivity index (χ0) is 11.3. The number of methoxy groups -OCH3 is 1. The highest BCUT2D eigenvalue weighted by Gasteiger charge is 2.12. The van der Waals surface area contributed by atoms with Gasteiger partial charge in [0.2, 0.25) is 10.0 Å². The maximum Gasteiger partial charge on any atom is 0.240 e. The van der Waals surface area contributed by atoms with Crippen LogP contribution in [0.5, 0.6) is 0 Å². The molecule has 0 amide bonds. The molecule has 4 nitrogen and oxygen atoms in total. The van der Waals surface area contributed by atoms with E-state index < -0.39 is 10.0 Å². The maximum absolute atomic E-state index is 11.6. The summed E-state index contributed by atoms with van der Waals surface area (Å²) in [5.41, 5.74) is 0.844. The predicted molar refractivity (Wildman–Crippen MR) is 58.0 cm³/mol. The summed E-state index contributed by atoms with van der Waals surface area (Å²) in [6.45, 7) is 2.54. The summed E-state index contributed by atoms with van der Waals surface area (Å²) in [5, 5.41) is 0. The van der Waals surface area contributed by atoms with E-state index in [0.29, 0.717) is 13.2 Å². The molecular formula is C10H15NO3S. The Kier molecular flexibility index (Phi) is 4.26. The van der Waals surface area contributed by atoms with Gasteiger partial charge < -0.3 is 4.74 Å². The van der Waals surface area contributed by atoms with Gasteiger partial charge in [0.25, 0.3) is 0 Å². The van der Waals surface area contributed by atoms with Gasteiger partial charge in [-0.1, -0.05) is 19.1 Å². The Labute approximate surface area is 90.3 Å².